The van der Waals surface area contributed by atoms with Gasteiger partial charge in [0.1, 0.15) is 32.0 Å². The summed E-state index contributed by atoms with van der Waals surface area (Å²) in [5.74, 6) is 0.550. The number of thiophene rings is 1. The van der Waals surface area contributed by atoms with Gasteiger partial charge in [-0.3, -0.25) is 0 Å². The maximum atomic E-state index is 14.7. The summed E-state index contributed by atoms with van der Waals surface area (Å²) in [4.78, 5) is 4.12. The Morgan fingerprint density at radius 3 is 2.67 bits per heavy atom. The van der Waals surface area contributed by atoms with Crippen molar-refractivity contribution in [1.29, 1.82) is 0 Å². The van der Waals surface area contributed by atoms with E-state index in [1.807, 2.05) is 28.3 Å². The van der Waals surface area contributed by atoms with Crippen LogP contribution in [0.5, 0.6) is 0 Å². The zero-order valence-corrected chi connectivity index (χ0v) is 16.3. The number of hydrogen-bond donors (Lipinski definition) is 2. The topological polar surface area (TPSA) is 52.5 Å². The minimum absolute atomic E-state index is 0.189. The number of rotatable bonds is 6. The summed E-state index contributed by atoms with van der Waals surface area (Å²) in [6.45, 7) is 8.10. The van der Waals surface area contributed by atoms with Crippen LogP contribution in [0, 0.1) is 5.82 Å². The van der Waals surface area contributed by atoms with E-state index in [2.05, 4.69) is 28.5 Å². The minimum atomic E-state index is -0.195. The Bertz CT molecular complexity index is 857. The number of benzene rings is 1. The molecule has 142 valence electrons. The van der Waals surface area contributed by atoms with E-state index in [4.69, 9.17) is 0 Å². The van der Waals surface area contributed by atoms with E-state index in [1.165, 1.54) is 15.8 Å². The largest absolute Gasteiger partial charge is 0.326 e. The van der Waals surface area contributed by atoms with Gasteiger partial charge in [-0.05, 0) is 40.9 Å². The van der Waals surface area contributed by atoms with Crippen LogP contribution in [0.4, 0.5) is 4.39 Å². The van der Waals surface area contributed by atoms with Crippen molar-refractivity contribution < 1.29 is 14.2 Å². The number of hydrogen-bond acceptors (Lipinski definition) is 4. The third-order valence-corrected chi connectivity index (χ3v) is 6.29. The Morgan fingerprint density at radius 1 is 1.15 bits per heavy atom. The predicted molar refractivity (Wildman–Crippen MR) is 101 cm³/mol. The maximum Gasteiger partial charge on any atom is 0.214 e. The van der Waals surface area contributed by atoms with Gasteiger partial charge in [0.25, 0.3) is 0 Å². The van der Waals surface area contributed by atoms with E-state index >= 15 is 0 Å². The summed E-state index contributed by atoms with van der Waals surface area (Å²) < 4.78 is 16.6. The lowest BCUT2D eigenvalue weighted by atomic mass is 10.0. The second kappa shape index (κ2) is 8.24. The molecule has 0 spiro atoms. The van der Waals surface area contributed by atoms with Gasteiger partial charge in [0.05, 0.1) is 18.7 Å². The van der Waals surface area contributed by atoms with Crippen LogP contribution in [0.3, 0.4) is 0 Å². The summed E-state index contributed by atoms with van der Waals surface area (Å²) >= 11 is 1.68. The highest BCUT2D eigenvalue weighted by Gasteiger charge is 2.36. The van der Waals surface area contributed by atoms with Crippen LogP contribution < -0.4 is 9.80 Å². The first-order valence-corrected chi connectivity index (χ1v) is 10.3. The summed E-state index contributed by atoms with van der Waals surface area (Å²) in [7, 11) is 0. The summed E-state index contributed by atoms with van der Waals surface area (Å²) in [6, 6.07) is 10.9. The zero-order chi connectivity index (χ0) is 18.6. The van der Waals surface area contributed by atoms with Crippen molar-refractivity contribution >= 4 is 11.3 Å². The Hall–Kier alpha value is -2.16. The Labute approximate surface area is 162 Å². The summed E-state index contributed by atoms with van der Waals surface area (Å²) in [6.07, 6.45) is 0. The van der Waals surface area contributed by atoms with E-state index in [0.29, 0.717) is 12.1 Å². The van der Waals surface area contributed by atoms with Gasteiger partial charge in [-0.25, -0.2) is 9.07 Å². The van der Waals surface area contributed by atoms with Crippen molar-refractivity contribution in [2.45, 2.75) is 19.5 Å². The van der Waals surface area contributed by atoms with Crippen LogP contribution >= 0.6 is 11.3 Å². The lowest BCUT2D eigenvalue weighted by molar-refractivity contribution is -1.02. The molecule has 1 aliphatic heterocycles. The summed E-state index contributed by atoms with van der Waals surface area (Å²) in [5.41, 5.74) is 0.676. The normalized spacial score (nSPS) is 21.3. The first-order valence-electron chi connectivity index (χ1n) is 9.47. The summed E-state index contributed by atoms with van der Waals surface area (Å²) in [5, 5.41) is 14.5. The Kier molecular flexibility index (Phi) is 5.56. The number of aromatic nitrogens is 4. The molecule has 1 atom stereocenters. The number of likely N-dealkylation sites (N-methyl/N-ethyl adjacent to an activating group) is 1. The van der Waals surface area contributed by atoms with Gasteiger partial charge in [-0.2, -0.15) is 0 Å². The minimum Gasteiger partial charge on any atom is -0.326 e. The lowest BCUT2D eigenvalue weighted by Gasteiger charge is -2.33. The molecule has 1 saturated heterocycles. The Morgan fingerprint density at radius 2 is 1.96 bits per heavy atom. The fourth-order valence-electron chi connectivity index (χ4n) is 3.90. The van der Waals surface area contributed by atoms with Crippen LogP contribution in [-0.2, 0) is 6.54 Å². The van der Waals surface area contributed by atoms with Crippen molar-refractivity contribution in [2.75, 3.05) is 32.7 Å². The maximum absolute atomic E-state index is 14.7. The lowest BCUT2D eigenvalue weighted by Crippen LogP contribution is -3.28. The highest BCUT2D eigenvalue weighted by atomic mass is 32.1. The van der Waals surface area contributed by atoms with Crippen LogP contribution in [0.15, 0.2) is 41.8 Å². The molecule has 8 heteroatoms. The molecular weight excluding hydrogens is 363 g/mol. The Balaban J connectivity index is 1.69. The number of tetrazole rings is 1. The van der Waals surface area contributed by atoms with Crippen molar-refractivity contribution in [3.63, 3.8) is 0 Å². The second-order valence-electron chi connectivity index (χ2n) is 6.99. The molecule has 0 saturated carbocycles. The van der Waals surface area contributed by atoms with Crippen LogP contribution in [0.1, 0.15) is 29.2 Å². The van der Waals surface area contributed by atoms with Crippen molar-refractivity contribution in [3.8, 4) is 0 Å². The first-order chi connectivity index (χ1) is 13.3. The molecule has 2 aromatic heterocycles. The van der Waals surface area contributed by atoms with E-state index in [9.17, 15) is 4.39 Å². The predicted octanol–water partition coefficient (Wildman–Crippen LogP) is -0.185. The number of halogens is 1. The van der Waals surface area contributed by atoms with Crippen molar-refractivity contribution in [3.05, 3.63) is 63.9 Å². The van der Waals surface area contributed by atoms with Gasteiger partial charge < -0.3 is 9.80 Å². The van der Waals surface area contributed by atoms with Gasteiger partial charge in [0, 0.05) is 4.88 Å². The quantitative estimate of drug-likeness (QED) is 0.616. The van der Waals surface area contributed by atoms with Crippen molar-refractivity contribution in [2.24, 2.45) is 0 Å². The molecule has 0 radical (unpaired) electrons. The molecule has 1 aromatic carbocycles. The van der Waals surface area contributed by atoms with Gasteiger partial charge >= 0.3 is 0 Å². The number of quaternary nitrogens is 2. The van der Waals surface area contributed by atoms with Crippen molar-refractivity contribution in [1.82, 2.24) is 20.2 Å². The van der Waals surface area contributed by atoms with Gasteiger partial charge in [0.15, 0.2) is 6.04 Å². The molecule has 0 bridgehead atoms. The van der Waals surface area contributed by atoms with E-state index < -0.39 is 0 Å². The number of nitrogens with zero attached hydrogens (tertiary/aromatic N) is 4. The third-order valence-electron chi connectivity index (χ3n) is 5.43. The molecule has 1 aliphatic rings. The molecule has 0 amide bonds. The molecule has 1 fully saturated rings. The monoisotopic (exact) mass is 388 g/mol. The highest BCUT2D eigenvalue weighted by molar-refractivity contribution is 7.09. The average molecular weight is 389 g/mol. The van der Waals surface area contributed by atoms with Crippen LogP contribution in [0.25, 0.3) is 0 Å². The average Bonchev–Trinajstić information content (AvgIpc) is 3.37. The number of nitrogens with one attached hydrogen (secondary N) is 2. The molecule has 4 rings (SSSR count). The van der Waals surface area contributed by atoms with E-state index in [-0.39, 0.29) is 11.9 Å². The fourth-order valence-corrected chi connectivity index (χ4v) is 4.58. The van der Waals surface area contributed by atoms with Crippen LogP contribution in [-0.4, -0.2) is 52.9 Å². The molecule has 2 N–H and O–H groups in total. The van der Waals surface area contributed by atoms with E-state index in [1.54, 1.807) is 22.3 Å². The molecule has 3 aromatic rings. The van der Waals surface area contributed by atoms with Crippen LogP contribution in [0.2, 0.25) is 0 Å². The van der Waals surface area contributed by atoms with Gasteiger partial charge in [-0.1, -0.05) is 18.2 Å². The highest BCUT2D eigenvalue weighted by Crippen LogP contribution is 2.21. The molecule has 27 heavy (non-hydrogen) atoms. The van der Waals surface area contributed by atoms with Gasteiger partial charge in [-0.15, -0.1) is 16.4 Å². The third kappa shape index (κ3) is 3.92. The molecule has 3 heterocycles. The van der Waals surface area contributed by atoms with E-state index in [0.717, 1.165) is 38.5 Å². The standard InChI is InChI=1S/C19H23FN6S/c1-2-24-9-11-25(12-10-24)18(16-7-3-4-8-17(16)20)19-21-22-23-26(19)14-15-6-5-13-27-15/h3-8,13,18H,2,9-12,14H2,1H3/p+2/t18-/m1/s1. The molecular formula is C19H25FN6S+2. The smallest absolute Gasteiger partial charge is 0.214 e. The first kappa shape index (κ1) is 18.2. The molecule has 0 unspecified atom stereocenters. The van der Waals surface area contributed by atoms with Gasteiger partial charge in [0.2, 0.25) is 5.82 Å². The zero-order valence-electron chi connectivity index (χ0n) is 15.4. The SMILES string of the molecule is CC[NH+]1CC[NH+]([C@H](c2ccccc2F)c2nnnn2Cc2cccs2)CC1. The molecule has 6 nitrogen and oxygen atoms in total. The molecule has 0 aliphatic carbocycles. The fraction of sp³-hybridized carbons (Fsp3) is 0.421. The number of piperazine rings is 1. The second-order valence-corrected chi connectivity index (χ2v) is 8.02.